The molecule has 0 aromatic rings. The minimum atomic E-state index is -0.393. The third kappa shape index (κ3) is 4.48. The van der Waals surface area contributed by atoms with Gasteiger partial charge in [0.15, 0.2) is 5.78 Å². The predicted octanol–water partition coefficient (Wildman–Crippen LogP) is 0.260. The summed E-state index contributed by atoms with van der Waals surface area (Å²) in [4.78, 5) is 34.9. The van der Waals surface area contributed by atoms with E-state index in [0.29, 0.717) is 6.42 Å². The molecule has 1 aliphatic rings. The first-order valence-electron chi connectivity index (χ1n) is 5.91. The van der Waals surface area contributed by atoms with E-state index in [1.54, 1.807) is 0 Å². The number of unbranched alkanes of at least 4 members (excludes halogenated alkanes) is 1. The van der Waals surface area contributed by atoms with Gasteiger partial charge in [-0.25, -0.2) is 0 Å². The van der Waals surface area contributed by atoms with Gasteiger partial charge in [0.05, 0.1) is 6.54 Å². The molecule has 0 aliphatic carbocycles. The summed E-state index contributed by atoms with van der Waals surface area (Å²) in [7, 11) is 0. The van der Waals surface area contributed by atoms with Gasteiger partial charge in [0.1, 0.15) is 0 Å². The van der Waals surface area contributed by atoms with Crippen LogP contribution in [0.4, 0.5) is 0 Å². The molecule has 5 heteroatoms. The van der Waals surface area contributed by atoms with Gasteiger partial charge in [-0.05, 0) is 25.9 Å². The highest BCUT2D eigenvalue weighted by atomic mass is 16.2. The normalized spacial score (nSPS) is 14.8. The Morgan fingerprint density at radius 2 is 1.88 bits per heavy atom. The van der Waals surface area contributed by atoms with Gasteiger partial charge in [0, 0.05) is 18.6 Å². The largest absolute Gasteiger partial charge is 0.317 e. The van der Waals surface area contributed by atoms with Crippen LogP contribution in [0.15, 0.2) is 12.2 Å². The fraction of sp³-hybridized carbons (Fsp3) is 0.583. The number of rotatable bonds is 8. The zero-order valence-electron chi connectivity index (χ0n) is 10.1. The zero-order valence-corrected chi connectivity index (χ0v) is 10.1. The molecule has 1 heterocycles. The second kappa shape index (κ2) is 6.96. The maximum atomic E-state index is 11.5. The highest BCUT2D eigenvalue weighted by Crippen LogP contribution is 2.05. The van der Waals surface area contributed by atoms with E-state index < -0.39 is 11.8 Å². The van der Waals surface area contributed by atoms with Gasteiger partial charge in [0.2, 0.25) is 0 Å². The standard InChI is InChI=1S/C12H18N2O3/c1-2-13-8-4-3-5-10(15)9-14-11(16)6-7-12(14)17/h6-7,13H,2-5,8-9H2,1H3. The summed E-state index contributed by atoms with van der Waals surface area (Å²) in [5.41, 5.74) is 0. The topological polar surface area (TPSA) is 66.5 Å². The van der Waals surface area contributed by atoms with Crippen molar-refractivity contribution in [1.82, 2.24) is 10.2 Å². The fourth-order valence-corrected chi connectivity index (χ4v) is 1.59. The van der Waals surface area contributed by atoms with E-state index in [4.69, 9.17) is 0 Å². The average Bonchev–Trinajstić information content (AvgIpc) is 2.60. The second-order valence-electron chi connectivity index (χ2n) is 3.95. The summed E-state index contributed by atoms with van der Waals surface area (Å²) < 4.78 is 0. The van der Waals surface area contributed by atoms with Crippen molar-refractivity contribution in [3.05, 3.63) is 12.2 Å². The molecular formula is C12H18N2O3. The molecular weight excluding hydrogens is 220 g/mol. The lowest BCUT2D eigenvalue weighted by molar-refractivity contribution is -0.140. The lowest BCUT2D eigenvalue weighted by Gasteiger charge is -2.12. The van der Waals surface area contributed by atoms with E-state index in [1.165, 1.54) is 12.2 Å². The highest BCUT2D eigenvalue weighted by Gasteiger charge is 2.24. The molecule has 0 bridgehead atoms. The SMILES string of the molecule is CCNCCCCC(=O)CN1C(=O)C=CC1=O. The summed E-state index contributed by atoms with van der Waals surface area (Å²) >= 11 is 0. The van der Waals surface area contributed by atoms with Crippen LogP contribution in [0.5, 0.6) is 0 Å². The quantitative estimate of drug-likeness (QED) is 0.486. The van der Waals surface area contributed by atoms with Gasteiger partial charge in [-0.3, -0.25) is 19.3 Å². The van der Waals surface area contributed by atoms with Gasteiger partial charge in [-0.1, -0.05) is 6.92 Å². The first-order chi connectivity index (χ1) is 8.15. The Morgan fingerprint density at radius 3 is 2.47 bits per heavy atom. The van der Waals surface area contributed by atoms with Crippen LogP contribution < -0.4 is 5.32 Å². The molecule has 1 N–H and O–H groups in total. The van der Waals surface area contributed by atoms with Gasteiger partial charge < -0.3 is 5.32 Å². The van der Waals surface area contributed by atoms with Crippen molar-refractivity contribution < 1.29 is 14.4 Å². The van der Waals surface area contributed by atoms with Crippen molar-refractivity contribution in [1.29, 1.82) is 0 Å². The van der Waals surface area contributed by atoms with Crippen molar-refractivity contribution in [2.24, 2.45) is 0 Å². The van der Waals surface area contributed by atoms with Crippen LogP contribution in [0.3, 0.4) is 0 Å². The summed E-state index contributed by atoms with van der Waals surface area (Å²) in [5, 5.41) is 3.17. The number of carbonyl (C=O) groups excluding carboxylic acids is 3. The second-order valence-corrected chi connectivity index (χ2v) is 3.95. The van der Waals surface area contributed by atoms with Gasteiger partial charge >= 0.3 is 0 Å². The summed E-state index contributed by atoms with van der Waals surface area (Å²) in [6.07, 6.45) is 4.53. The van der Waals surface area contributed by atoms with Crippen molar-refractivity contribution in [3.63, 3.8) is 0 Å². The van der Waals surface area contributed by atoms with E-state index in [9.17, 15) is 14.4 Å². The van der Waals surface area contributed by atoms with Crippen LogP contribution in [0, 0.1) is 0 Å². The van der Waals surface area contributed by atoms with Gasteiger partial charge in [-0.2, -0.15) is 0 Å². The third-order valence-corrected chi connectivity index (χ3v) is 2.54. The molecule has 0 unspecified atom stereocenters. The molecule has 0 aromatic heterocycles. The summed E-state index contributed by atoms with van der Waals surface area (Å²) in [5.74, 6) is -0.848. The van der Waals surface area contributed by atoms with Crippen molar-refractivity contribution in [2.75, 3.05) is 19.6 Å². The minimum absolute atomic E-state index is 0.0631. The van der Waals surface area contributed by atoms with Crippen LogP contribution in [0.1, 0.15) is 26.2 Å². The Labute approximate surface area is 101 Å². The molecule has 0 fully saturated rings. The van der Waals surface area contributed by atoms with Crippen molar-refractivity contribution in [2.45, 2.75) is 26.2 Å². The number of ketones is 1. The number of nitrogens with zero attached hydrogens (tertiary/aromatic N) is 1. The monoisotopic (exact) mass is 238 g/mol. The number of carbonyl (C=O) groups is 3. The molecule has 5 nitrogen and oxygen atoms in total. The smallest absolute Gasteiger partial charge is 0.254 e. The Kier molecular flexibility index (Phi) is 5.56. The minimum Gasteiger partial charge on any atom is -0.317 e. The number of Topliss-reactive ketones (excluding diaryl/α,β-unsaturated/α-hetero) is 1. The number of hydrogen-bond donors (Lipinski definition) is 1. The van der Waals surface area contributed by atoms with Crippen LogP contribution in [0.25, 0.3) is 0 Å². The maximum absolute atomic E-state index is 11.5. The Balaban J connectivity index is 2.17. The molecule has 0 aromatic carbocycles. The fourth-order valence-electron chi connectivity index (χ4n) is 1.59. The number of amides is 2. The van der Waals surface area contributed by atoms with Crippen LogP contribution in [-0.2, 0) is 14.4 Å². The first-order valence-corrected chi connectivity index (χ1v) is 5.91. The molecule has 94 valence electrons. The molecule has 2 amide bonds. The zero-order chi connectivity index (χ0) is 12.7. The van der Waals surface area contributed by atoms with Gasteiger partial charge in [0.25, 0.3) is 11.8 Å². The van der Waals surface area contributed by atoms with Crippen LogP contribution in [-0.4, -0.2) is 42.1 Å². The van der Waals surface area contributed by atoms with E-state index in [2.05, 4.69) is 5.32 Å². The number of hydrogen-bond acceptors (Lipinski definition) is 4. The Bertz CT molecular complexity index is 319. The molecule has 17 heavy (non-hydrogen) atoms. The maximum Gasteiger partial charge on any atom is 0.254 e. The van der Waals surface area contributed by atoms with Crippen LogP contribution in [0.2, 0.25) is 0 Å². The molecule has 0 atom stereocenters. The summed E-state index contributed by atoms with van der Waals surface area (Å²) in [6.45, 7) is 3.76. The van der Waals surface area contributed by atoms with E-state index in [-0.39, 0.29) is 12.3 Å². The molecule has 0 radical (unpaired) electrons. The molecule has 1 rings (SSSR count). The third-order valence-electron chi connectivity index (χ3n) is 2.54. The Morgan fingerprint density at radius 1 is 1.24 bits per heavy atom. The predicted molar refractivity (Wildman–Crippen MR) is 63.3 cm³/mol. The lowest BCUT2D eigenvalue weighted by atomic mass is 10.1. The van der Waals surface area contributed by atoms with E-state index in [0.717, 1.165) is 30.8 Å². The molecule has 0 spiro atoms. The average molecular weight is 238 g/mol. The Hall–Kier alpha value is -1.49. The van der Waals surface area contributed by atoms with Gasteiger partial charge in [-0.15, -0.1) is 0 Å². The molecule has 1 aliphatic heterocycles. The number of imide groups is 1. The van der Waals surface area contributed by atoms with Crippen molar-refractivity contribution >= 4 is 17.6 Å². The lowest BCUT2D eigenvalue weighted by Crippen LogP contribution is -2.35. The number of nitrogens with one attached hydrogen (secondary N) is 1. The molecule has 0 saturated carbocycles. The first kappa shape index (κ1) is 13.6. The van der Waals surface area contributed by atoms with Crippen molar-refractivity contribution in [3.8, 4) is 0 Å². The summed E-state index contributed by atoms with van der Waals surface area (Å²) in [6, 6.07) is 0. The van der Waals surface area contributed by atoms with Crippen LogP contribution >= 0.6 is 0 Å². The highest BCUT2D eigenvalue weighted by molar-refractivity contribution is 6.14. The van der Waals surface area contributed by atoms with E-state index >= 15 is 0 Å². The molecule has 0 saturated heterocycles. The van der Waals surface area contributed by atoms with E-state index in [1.807, 2.05) is 6.92 Å².